The van der Waals surface area contributed by atoms with E-state index in [2.05, 4.69) is 22.4 Å². The first-order valence-corrected chi connectivity index (χ1v) is 9.27. The van der Waals surface area contributed by atoms with Gasteiger partial charge in [-0.05, 0) is 42.2 Å². The lowest BCUT2D eigenvalue weighted by Crippen LogP contribution is -2.09. The van der Waals surface area contributed by atoms with E-state index >= 15 is 0 Å². The lowest BCUT2D eigenvalue weighted by atomic mass is 9.90. The number of aryl methyl sites for hydroxylation is 2. The molecule has 2 aromatic carbocycles. The normalized spacial score (nSPS) is 11.9. The van der Waals surface area contributed by atoms with Gasteiger partial charge in [0.2, 0.25) is 11.7 Å². The van der Waals surface area contributed by atoms with E-state index in [9.17, 15) is 0 Å². The number of anilines is 2. The van der Waals surface area contributed by atoms with Crippen LogP contribution in [0, 0.1) is 0 Å². The van der Waals surface area contributed by atoms with Crippen molar-refractivity contribution in [1.82, 2.24) is 9.97 Å². The summed E-state index contributed by atoms with van der Waals surface area (Å²) in [6.07, 6.45) is 3.73. The lowest BCUT2D eigenvalue weighted by molar-refractivity contribution is 0.324. The van der Waals surface area contributed by atoms with Crippen LogP contribution in [0.1, 0.15) is 11.1 Å². The Labute approximate surface area is 169 Å². The lowest BCUT2D eigenvalue weighted by Gasteiger charge is -2.20. The topological polar surface area (TPSA) is 74.7 Å². The summed E-state index contributed by atoms with van der Waals surface area (Å²) in [5.74, 6) is 3.02. The number of ether oxygens (including phenoxy) is 4. The maximum absolute atomic E-state index is 5.42. The molecular formula is C22H23N3O4. The van der Waals surface area contributed by atoms with Crippen LogP contribution in [0.15, 0.2) is 36.5 Å². The Morgan fingerprint density at radius 3 is 2.21 bits per heavy atom. The Morgan fingerprint density at radius 2 is 1.55 bits per heavy atom. The van der Waals surface area contributed by atoms with Gasteiger partial charge in [0.15, 0.2) is 11.5 Å². The molecule has 150 valence electrons. The molecule has 3 aromatic rings. The highest BCUT2D eigenvalue weighted by Crippen LogP contribution is 2.41. The molecule has 0 saturated carbocycles. The van der Waals surface area contributed by atoms with Crippen molar-refractivity contribution >= 4 is 11.6 Å². The third-order valence-electron chi connectivity index (χ3n) is 5.02. The minimum Gasteiger partial charge on any atom is -0.497 e. The molecule has 7 heteroatoms. The number of hydrogen-bond acceptors (Lipinski definition) is 7. The van der Waals surface area contributed by atoms with Crippen LogP contribution in [0.5, 0.6) is 23.0 Å². The van der Waals surface area contributed by atoms with Crippen molar-refractivity contribution in [3.05, 3.63) is 47.7 Å². The Bertz CT molecular complexity index is 1030. The van der Waals surface area contributed by atoms with Gasteiger partial charge in [0.1, 0.15) is 5.75 Å². The van der Waals surface area contributed by atoms with Gasteiger partial charge in [0, 0.05) is 29.6 Å². The Kier molecular flexibility index (Phi) is 5.12. The highest BCUT2D eigenvalue weighted by Gasteiger charge is 2.20. The van der Waals surface area contributed by atoms with Crippen LogP contribution >= 0.6 is 0 Å². The molecule has 0 aliphatic heterocycles. The average molecular weight is 393 g/mol. The van der Waals surface area contributed by atoms with E-state index in [0.29, 0.717) is 23.2 Å². The zero-order valence-corrected chi connectivity index (χ0v) is 16.9. The molecular weight excluding hydrogens is 370 g/mol. The highest BCUT2D eigenvalue weighted by molar-refractivity contribution is 5.72. The second-order valence-corrected chi connectivity index (χ2v) is 6.63. The Hall–Kier alpha value is -3.48. The molecule has 1 aliphatic carbocycles. The first-order chi connectivity index (χ1) is 14.2. The molecule has 0 amide bonds. The molecule has 1 aliphatic rings. The number of nitrogens with one attached hydrogen (secondary N) is 1. The minimum absolute atomic E-state index is 0.502. The van der Waals surface area contributed by atoms with Gasteiger partial charge in [-0.1, -0.05) is 0 Å². The molecule has 0 fully saturated rings. The Morgan fingerprint density at radius 1 is 0.828 bits per heavy atom. The molecule has 0 spiro atoms. The molecule has 1 aromatic heterocycles. The molecule has 4 rings (SSSR count). The predicted molar refractivity (Wildman–Crippen MR) is 111 cm³/mol. The number of methoxy groups -OCH3 is 4. The quantitative estimate of drug-likeness (QED) is 0.678. The van der Waals surface area contributed by atoms with Crippen LogP contribution in [0.3, 0.4) is 0 Å². The summed E-state index contributed by atoms with van der Waals surface area (Å²) >= 11 is 0. The van der Waals surface area contributed by atoms with Crippen LogP contribution in [-0.2, 0) is 12.8 Å². The van der Waals surface area contributed by atoms with Crippen molar-refractivity contribution in [3.8, 4) is 34.3 Å². The van der Waals surface area contributed by atoms with Crippen LogP contribution in [0.2, 0.25) is 0 Å². The van der Waals surface area contributed by atoms with Crippen LogP contribution in [0.4, 0.5) is 11.6 Å². The summed E-state index contributed by atoms with van der Waals surface area (Å²) in [6, 6.07) is 9.74. The van der Waals surface area contributed by atoms with Gasteiger partial charge in [-0.3, -0.25) is 0 Å². The molecule has 1 N–H and O–H groups in total. The van der Waals surface area contributed by atoms with Crippen LogP contribution in [-0.4, -0.2) is 38.4 Å². The van der Waals surface area contributed by atoms with Gasteiger partial charge < -0.3 is 24.3 Å². The fraction of sp³-hybridized carbons (Fsp3) is 0.273. The van der Waals surface area contributed by atoms with Gasteiger partial charge in [0.05, 0.1) is 34.1 Å². The molecule has 7 nitrogen and oxygen atoms in total. The van der Waals surface area contributed by atoms with Gasteiger partial charge >= 0.3 is 0 Å². The van der Waals surface area contributed by atoms with Gasteiger partial charge in [0.25, 0.3) is 0 Å². The molecule has 0 saturated heterocycles. The SMILES string of the molecule is COc1ccc2c(c1)CCc1cnc(Nc3cc(OC)c(OC)c(OC)c3)nc1-2. The van der Waals surface area contributed by atoms with E-state index < -0.39 is 0 Å². The summed E-state index contributed by atoms with van der Waals surface area (Å²) in [5, 5.41) is 3.25. The number of fused-ring (bicyclic) bond motifs is 3. The number of hydrogen-bond donors (Lipinski definition) is 1. The van der Waals surface area contributed by atoms with Gasteiger partial charge in [-0.2, -0.15) is 0 Å². The van der Waals surface area contributed by atoms with Crippen molar-refractivity contribution in [2.45, 2.75) is 12.8 Å². The number of benzene rings is 2. The molecule has 0 radical (unpaired) electrons. The summed E-state index contributed by atoms with van der Waals surface area (Å²) in [7, 11) is 6.43. The maximum Gasteiger partial charge on any atom is 0.227 e. The first kappa shape index (κ1) is 18.9. The van der Waals surface area contributed by atoms with Crippen molar-refractivity contribution in [3.63, 3.8) is 0 Å². The van der Waals surface area contributed by atoms with Crippen molar-refractivity contribution in [2.75, 3.05) is 33.8 Å². The molecule has 1 heterocycles. The zero-order valence-electron chi connectivity index (χ0n) is 16.9. The van der Waals surface area contributed by atoms with E-state index in [1.54, 1.807) is 28.4 Å². The third kappa shape index (κ3) is 3.51. The number of rotatable bonds is 6. The summed E-state index contributed by atoms with van der Waals surface area (Å²) < 4.78 is 21.6. The summed E-state index contributed by atoms with van der Waals surface area (Å²) in [4.78, 5) is 9.27. The summed E-state index contributed by atoms with van der Waals surface area (Å²) in [6.45, 7) is 0. The smallest absolute Gasteiger partial charge is 0.227 e. The predicted octanol–water partition coefficient (Wildman–Crippen LogP) is 4.02. The Balaban J connectivity index is 1.70. The van der Waals surface area contributed by atoms with E-state index in [-0.39, 0.29) is 0 Å². The fourth-order valence-corrected chi connectivity index (χ4v) is 3.57. The second-order valence-electron chi connectivity index (χ2n) is 6.63. The third-order valence-corrected chi connectivity index (χ3v) is 5.02. The first-order valence-electron chi connectivity index (χ1n) is 9.27. The number of nitrogens with zero attached hydrogens (tertiary/aromatic N) is 2. The van der Waals surface area contributed by atoms with Crippen molar-refractivity contribution in [2.24, 2.45) is 0 Å². The molecule has 0 unspecified atom stereocenters. The monoisotopic (exact) mass is 393 g/mol. The standard InChI is InChI=1S/C22H23N3O4/c1-26-16-7-8-17-13(9-16)5-6-14-12-23-22(25-20(14)17)24-15-10-18(27-2)21(29-4)19(11-15)28-3/h7-12H,5-6H2,1-4H3,(H,23,24,25). The second kappa shape index (κ2) is 7.87. The van der Waals surface area contributed by atoms with E-state index in [1.165, 1.54) is 5.56 Å². The molecule has 29 heavy (non-hydrogen) atoms. The van der Waals surface area contributed by atoms with Gasteiger partial charge in [-0.25, -0.2) is 9.97 Å². The van der Waals surface area contributed by atoms with Crippen molar-refractivity contribution < 1.29 is 18.9 Å². The molecule has 0 atom stereocenters. The van der Waals surface area contributed by atoms with E-state index in [1.807, 2.05) is 24.4 Å². The van der Waals surface area contributed by atoms with Crippen LogP contribution in [0.25, 0.3) is 11.3 Å². The zero-order chi connectivity index (χ0) is 20.4. The fourth-order valence-electron chi connectivity index (χ4n) is 3.57. The van der Waals surface area contributed by atoms with Crippen LogP contribution < -0.4 is 24.3 Å². The van der Waals surface area contributed by atoms with E-state index in [0.717, 1.165) is 41.1 Å². The maximum atomic E-state index is 5.42. The summed E-state index contributed by atoms with van der Waals surface area (Å²) in [5.41, 5.74) is 5.17. The minimum atomic E-state index is 0.502. The molecule has 0 bridgehead atoms. The van der Waals surface area contributed by atoms with E-state index in [4.69, 9.17) is 23.9 Å². The van der Waals surface area contributed by atoms with Crippen molar-refractivity contribution in [1.29, 1.82) is 0 Å². The largest absolute Gasteiger partial charge is 0.497 e. The average Bonchev–Trinajstić information content (AvgIpc) is 2.77. The number of aromatic nitrogens is 2. The van der Waals surface area contributed by atoms with Gasteiger partial charge in [-0.15, -0.1) is 0 Å². The highest BCUT2D eigenvalue weighted by atomic mass is 16.5.